The van der Waals surface area contributed by atoms with Crippen molar-refractivity contribution in [3.8, 4) is 0 Å². The molecule has 2 N–H and O–H groups in total. The van der Waals surface area contributed by atoms with E-state index in [1.54, 1.807) is 0 Å². The molecule has 0 saturated carbocycles. The molecule has 9 heteroatoms. The number of piperazine rings is 1. The molecule has 1 aliphatic heterocycles. The van der Waals surface area contributed by atoms with E-state index in [4.69, 9.17) is 5.11 Å². The molecule has 0 atom stereocenters. The van der Waals surface area contributed by atoms with Gasteiger partial charge in [-0.2, -0.15) is 9.40 Å². The van der Waals surface area contributed by atoms with Crippen LogP contribution in [0.3, 0.4) is 0 Å². The first-order chi connectivity index (χ1) is 9.00. The molecular formula is C10H16N4O4S. The highest BCUT2D eigenvalue weighted by Crippen LogP contribution is 2.14. The van der Waals surface area contributed by atoms with Crippen LogP contribution >= 0.6 is 0 Å². The minimum atomic E-state index is -3.50. The van der Waals surface area contributed by atoms with Gasteiger partial charge in [-0.15, -0.1) is 0 Å². The Balaban J connectivity index is 1.91. The summed E-state index contributed by atoms with van der Waals surface area (Å²) >= 11 is 0. The standard InChI is InChI=1S/C10H16N4O4S/c15-10(16)2-4-13-5-7-14(8-6-13)19(17,18)9-1-3-11-12-9/h1,3H,2,4-8H2,(H,11,12)(H,15,16). The van der Waals surface area contributed by atoms with Gasteiger partial charge in [0.2, 0.25) is 0 Å². The average Bonchev–Trinajstić information content (AvgIpc) is 2.91. The Labute approximate surface area is 111 Å². The fourth-order valence-corrected chi connectivity index (χ4v) is 3.30. The molecule has 0 radical (unpaired) electrons. The van der Waals surface area contributed by atoms with Crippen molar-refractivity contribution in [3.63, 3.8) is 0 Å². The first kappa shape index (κ1) is 14.0. The predicted molar refractivity (Wildman–Crippen MR) is 66.0 cm³/mol. The molecule has 19 heavy (non-hydrogen) atoms. The second-order valence-electron chi connectivity index (χ2n) is 4.31. The number of hydrogen-bond donors (Lipinski definition) is 2. The molecule has 0 aliphatic carbocycles. The molecule has 106 valence electrons. The molecule has 1 fully saturated rings. The third-order valence-electron chi connectivity index (χ3n) is 3.07. The number of aromatic amines is 1. The number of carbonyl (C=O) groups is 1. The molecule has 2 rings (SSSR count). The number of aliphatic carboxylic acids is 1. The fourth-order valence-electron chi connectivity index (χ4n) is 1.97. The van der Waals surface area contributed by atoms with E-state index in [0.29, 0.717) is 32.7 Å². The molecule has 0 unspecified atom stereocenters. The maximum absolute atomic E-state index is 12.2. The average molecular weight is 288 g/mol. The van der Waals surface area contributed by atoms with Crippen LogP contribution < -0.4 is 0 Å². The summed E-state index contributed by atoms with van der Waals surface area (Å²) in [4.78, 5) is 12.4. The van der Waals surface area contributed by atoms with Crippen LogP contribution in [0, 0.1) is 0 Å². The van der Waals surface area contributed by atoms with Gasteiger partial charge in [-0.05, 0) is 6.07 Å². The Morgan fingerprint density at radius 2 is 2.05 bits per heavy atom. The Morgan fingerprint density at radius 3 is 2.58 bits per heavy atom. The molecule has 1 saturated heterocycles. The summed E-state index contributed by atoms with van der Waals surface area (Å²) in [6.07, 6.45) is 1.48. The van der Waals surface area contributed by atoms with E-state index in [1.165, 1.54) is 16.6 Å². The van der Waals surface area contributed by atoms with Crippen molar-refractivity contribution in [1.29, 1.82) is 0 Å². The molecule has 0 bridgehead atoms. The monoisotopic (exact) mass is 288 g/mol. The number of carboxylic acid groups (broad SMARTS) is 1. The van der Waals surface area contributed by atoms with Gasteiger partial charge < -0.3 is 10.0 Å². The van der Waals surface area contributed by atoms with E-state index in [9.17, 15) is 13.2 Å². The topological polar surface area (TPSA) is 107 Å². The van der Waals surface area contributed by atoms with Crippen LogP contribution in [0.4, 0.5) is 0 Å². The highest BCUT2D eigenvalue weighted by atomic mass is 32.2. The summed E-state index contributed by atoms with van der Waals surface area (Å²) in [5.74, 6) is -0.840. The smallest absolute Gasteiger partial charge is 0.304 e. The number of H-pyrrole nitrogens is 1. The Kier molecular flexibility index (Phi) is 4.17. The van der Waals surface area contributed by atoms with Gasteiger partial charge >= 0.3 is 5.97 Å². The lowest BCUT2D eigenvalue weighted by molar-refractivity contribution is -0.137. The lowest BCUT2D eigenvalue weighted by atomic mass is 10.3. The SMILES string of the molecule is O=C(O)CCN1CCN(S(=O)(=O)c2ccn[nH]2)CC1. The second kappa shape index (κ2) is 5.68. The molecule has 2 heterocycles. The number of aromatic nitrogens is 2. The summed E-state index contributed by atoms with van der Waals surface area (Å²) < 4.78 is 25.7. The van der Waals surface area contributed by atoms with Crippen molar-refractivity contribution in [2.45, 2.75) is 11.4 Å². The van der Waals surface area contributed by atoms with Crippen molar-refractivity contribution in [2.24, 2.45) is 0 Å². The normalized spacial score (nSPS) is 18.5. The maximum Gasteiger partial charge on any atom is 0.304 e. The van der Waals surface area contributed by atoms with Crippen LogP contribution in [0.25, 0.3) is 0 Å². The molecule has 0 aromatic carbocycles. The fraction of sp³-hybridized carbons (Fsp3) is 0.600. The van der Waals surface area contributed by atoms with Gasteiger partial charge in [0.05, 0.1) is 12.6 Å². The summed E-state index contributed by atoms with van der Waals surface area (Å²) in [5, 5.41) is 14.8. The van der Waals surface area contributed by atoms with E-state index in [2.05, 4.69) is 10.2 Å². The third kappa shape index (κ3) is 3.31. The minimum Gasteiger partial charge on any atom is -0.481 e. The zero-order chi connectivity index (χ0) is 13.9. The minimum absolute atomic E-state index is 0.0767. The maximum atomic E-state index is 12.2. The molecule has 8 nitrogen and oxygen atoms in total. The largest absolute Gasteiger partial charge is 0.481 e. The number of sulfonamides is 1. The van der Waals surface area contributed by atoms with Crippen LogP contribution in [0.15, 0.2) is 17.3 Å². The van der Waals surface area contributed by atoms with E-state index in [0.717, 1.165) is 0 Å². The van der Waals surface area contributed by atoms with Crippen molar-refractivity contribution in [1.82, 2.24) is 19.4 Å². The number of carboxylic acids is 1. The lowest BCUT2D eigenvalue weighted by Gasteiger charge is -2.33. The van der Waals surface area contributed by atoms with Crippen molar-refractivity contribution >= 4 is 16.0 Å². The van der Waals surface area contributed by atoms with E-state index in [-0.39, 0.29) is 11.4 Å². The Morgan fingerprint density at radius 1 is 1.37 bits per heavy atom. The third-order valence-corrected chi connectivity index (χ3v) is 4.89. The van der Waals surface area contributed by atoms with Gasteiger partial charge in [-0.1, -0.05) is 0 Å². The number of rotatable bonds is 5. The van der Waals surface area contributed by atoms with E-state index >= 15 is 0 Å². The van der Waals surface area contributed by atoms with Crippen molar-refractivity contribution < 1.29 is 18.3 Å². The van der Waals surface area contributed by atoms with Gasteiger partial charge in [-0.3, -0.25) is 9.89 Å². The summed E-state index contributed by atoms with van der Waals surface area (Å²) in [6.45, 7) is 2.26. The Hall–Kier alpha value is -1.45. The second-order valence-corrected chi connectivity index (χ2v) is 6.22. The molecule has 0 amide bonds. The van der Waals surface area contributed by atoms with E-state index < -0.39 is 16.0 Å². The molecule has 1 aliphatic rings. The molecule has 1 aromatic heterocycles. The van der Waals surface area contributed by atoms with Crippen molar-refractivity contribution in [3.05, 3.63) is 12.3 Å². The zero-order valence-electron chi connectivity index (χ0n) is 10.3. The number of nitrogens with zero attached hydrogens (tertiary/aromatic N) is 3. The van der Waals surface area contributed by atoms with Crippen LogP contribution in [0.1, 0.15) is 6.42 Å². The summed E-state index contributed by atoms with van der Waals surface area (Å²) in [7, 11) is -3.50. The highest BCUT2D eigenvalue weighted by molar-refractivity contribution is 7.89. The summed E-state index contributed by atoms with van der Waals surface area (Å²) in [6, 6.07) is 1.42. The molecule has 0 spiro atoms. The summed E-state index contributed by atoms with van der Waals surface area (Å²) in [5.41, 5.74) is 0. The van der Waals surface area contributed by atoms with Crippen LogP contribution in [0.5, 0.6) is 0 Å². The van der Waals surface area contributed by atoms with Crippen LogP contribution in [-0.4, -0.2) is 71.6 Å². The first-order valence-corrected chi connectivity index (χ1v) is 7.38. The first-order valence-electron chi connectivity index (χ1n) is 5.94. The van der Waals surface area contributed by atoms with Crippen LogP contribution in [-0.2, 0) is 14.8 Å². The van der Waals surface area contributed by atoms with Gasteiger partial charge in [-0.25, -0.2) is 8.42 Å². The zero-order valence-corrected chi connectivity index (χ0v) is 11.1. The Bertz CT molecular complexity index is 520. The lowest BCUT2D eigenvalue weighted by Crippen LogP contribution is -2.49. The number of nitrogens with one attached hydrogen (secondary N) is 1. The van der Waals surface area contributed by atoms with Gasteiger partial charge in [0, 0.05) is 32.7 Å². The number of hydrogen-bond acceptors (Lipinski definition) is 5. The van der Waals surface area contributed by atoms with Crippen LogP contribution in [0.2, 0.25) is 0 Å². The highest BCUT2D eigenvalue weighted by Gasteiger charge is 2.29. The quantitative estimate of drug-likeness (QED) is 0.734. The van der Waals surface area contributed by atoms with Gasteiger partial charge in [0.1, 0.15) is 0 Å². The van der Waals surface area contributed by atoms with Gasteiger partial charge in [0.15, 0.2) is 5.03 Å². The molecular weight excluding hydrogens is 272 g/mol. The van der Waals surface area contributed by atoms with Gasteiger partial charge in [0.25, 0.3) is 10.0 Å². The van der Waals surface area contributed by atoms with Crippen molar-refractivity contribution in [2.75, 3.05) is 32.7 Å². The molecule has 1 aromatic rings. The van der Waals surface area contributed by atoms with E-state index in [1.807, 2.05) is 4.90 Å². The predicted octanol–water partition coefficient (Wildman–Crippen LogP) is -0.809.